The summed E-state index contributed by atoms with van der Waals surface area (Å²) in [5, 5.41) is 3.18. The molecule has 8 heteroatoms. The first-order valence-corrected chi connectivity index (χ1v) is 12.6. The van der Waals surface area contributed by atoms with Crippen molar-refractivity contribution < 1.29 is 14.3 Å². The normalized spacial score (nSPS) is 20.7. The lowest BCUT2D eigenvalue weighted by Crippen LogP contribution is -2.48. The van der Waals surface area contributed by atoms with Crippen molar-refractivity contribution in [1.29, 1.82) is 0 Å². The van der Waals surface area contributed by atoms with E-state index in [1.54, 1.807) is 6.92 Å². The lowest BCUT2D eigenvalue weighted by Gasteiger charge is -2.37. The largest absolute Gasteiger partial charge is 0.491 e. The molecule has 8 nitrogen and oxygen atoms in total. The average Bonchev–Trinajstić information content (AvgIpc) is 2.89. The predicted molar refractivity (Wildman–Crippen MR) is 138 cm³/mol. The third kappa shape index (κ3) is 5.22. The molecule has 0 aliphatic carbocycles. The maximum atomic E-state index is 13.0. The van der Waals surface area contributed by atoms with Crippen molar-refractivity contribution in [2.45, 2.75) is 19.4 Å². The van der Waals surface area contributed by atoms with E-state index in [9.17, 15) is 9.59 Å². The maximum Gasteiger partial charge on any atom is 0.251 e. The Hall–Kier alpha value is -3.26. The summed E-state index contributed by atoms with van der Waals surface area (Å²) in [5.74, 6) is 0.981. The van der Waals surface area contributed by atoms with Crippen LogP contribution in [-0.2, 0) is 11.2 Å². The van der Waals surface area contributed by atoms with Crippen LogP contribution < -0.4 is 19.9 Å². The predicted octanol–water partition coefficient (Wildman–Crippen LogP) is 1.84. The van der Waals surface area contributed by atoms with Gasteiger partial charge in [0.2, 0.25) is 5.91 Å². The van der Waals surface area contributed by atoms with Crippen molar-refractivity contribution in [3.05, 3.63) is 53.6 Å². The van der Waals surface area contributed by atoms with Crippen LogP contribution >= 0.6 is 0 Å². The number of anilines is 2. The number of carbonyl (C=O) groups excluding carboxylic acids is 2. The highest BCUT2D eigenvalue weighted by atomic mass is 16.5. The molecule has 5 rings (SSSR count). The Balaban J connectivity index is 1.20. The Morgan fingerprint density at radius 2 is 1.57 bits per heavy atom. The first-order chi connectivity index (χ1) is 17.0. The number of amides is 2. The highest BCUT2D eigenvalue weighted by Gasteiger charge is 2.27. The van der Waals surface area contributed by atoms with Crippen LogP contribution in [0.1, 0.15) is 22.8 Å². The van der Waals surface area contributed by atoms with E-state index in [0.717, 1.165) is 70.2 Å². The van der Waals surface area contributed by atoms with Gasteiger partial charge in [-0.15, -0.1) is 0 Å². The molecule has 2 amide bonds. The van der Waals surface area contributed by atoms with E-state index in [1.165, 1.54) is 11.3 Å². The van der Waals surface area contributed by atoms with Crippen molar-refractivity contribution in [2.24, 2.45) is 0 Å². The Morgan fingerprint density at radius 1 is 0.886 bits per heavy atom. The van der Waals surface area contributed by atoms with Gasteiger partial charge in [0, 0.05) is 88.2 Å². The van der Waals surface area contributed by atoms with Crippen LogP contribution in [0.2, 0.25) is 0 Å². The van der Waals surface area contributed by atoms with Gasteiger partial charge in [0.15, 0.2) is 0 Å². The van der Waals surface area contributed by atoms with Gasteiger partial charge in [-0.2, -0.15) is 0 Å². The van der Waals surface area contributed by atoms with Gasteiger partial charge in [-0.1, -0.05) is 6.07 Å². The molecule has 0 aromatic heterocycles. The number of nitrogens with one attached hydrogen (secondary N) is 1. The molecule has 186 valence electrons. The summed E-state index contributed by atoms with van der Waals surface area (Å²) in [6.07, 6.45) is 0.766. The number of carbonyl (C=O) groups is 2. The second-order valence-corrected chi connectivity index (χ2v) is 9.77. The second-order valence-electron chi connectivity index (χ2n) is 9.77. The van der Waals surface area contributed by atoms with E-state index in [4.69, 9.17) is 4.74 Å². The molecule has 2 aromatic carbocycles. The van der Waals surface area contributed by atoms with Crippen molar-refractivity contribution >= 4 is 23.2 Å². The summed E-state index contributed by atoms with van der Waals surface area (Å²) >= 11 is 0. The van der Waals surface area contributed by atoms with Crippen molar-refractivity contribution in [1.82, 2.24) is 15.1 Å². The van der Waals surface area contributed by atoms with Gasteiger partial charge in [-0.25, -0.2) is 0 Å². The molecule has 1 unspecified atom stereocenters. The van der Waals surface area contributed by atoms with Gasteiger partial charge in [-0.3, -0.25) is 9.59 Å². The van der Waals surface area contributed by atoms with E-state index >= 15 is 0 Å². The number of likely N-dealkylation sites (N-methyl/N-ethyl adjacent to an activating group) is 1. The van der Waals surface area contributed by atoms with Crippen LogP contribution in [0.5, 0.6) is 5.75 Å². The third-order valence-corrected chi connectivity index (χ3v) is 7.40. The summed E-state index contributed by atoms with van der Waals surface area (Å²) in [6, 6.07) is 14.0. The zero-order chi connectivity index (χ0) is 24.4. The number of ether oxygens (including phenoxy) is 1. The molecule has 3 aliphatic heterocycles. The molecular formula is C27H35N5O3. The summed E-state index contributed by atoms with van der Waals surface area (Å²) in [4.78, 5) is 33.5. The molecule has 3 heterocycles. The molecular weight excluding hydrogens is 442 g/mol. The lowest BCUT2D eigenvalue weighted by molar-refractivity contribution is -0.129. The van der Waals surface area contributed by atoms with Crippen molar-refractivity contribution in [3.63, 3.8) is 0 Å². The van der Waals surface area contributed by atoms with Crippen LogP contribution in [0, 0.1) is 0 Å². The molecule has 2 fully saturated rings. The molecule has 2 aromatic rings. The minimum absolute atomic E-state index is 0.0667. The minimum atomic E-state index is -0.0768. The minimum Gasteiger partial charge on any atom is -0.491 e. The number of hydrogen-bond acceptors (Lipinski definition) is 6. The topological polar surface area (TPSA) is 68.4 Å². The zero-order valence-corrected chi connectivity index (χ0v) is 20.7. The number of piperazine rings is 2. The molecule has 0 spiro atoms. The molecule has 2 saturated heterocycles. The molecule has 0 bridgehead atoms. The smallest absolute Gasteiger partial charge is 0.251 e. The second kappa shape index (κ2) is 10.2. The SMILES string of the molecule is CC(=O)N1CCN(c2ccc(C(=O)NC3COc4cccc(N5CCN(C)CC5)c4C3)cc2)CC1. The maximum absolute atomic E-state index is 13.0. The van der Waals surface area contributed by atoms with Crippen molar-refractivity contribution in [3.8, 4) is 5.75 Å². The number of benzene rings is 2. The fourth-order valence-electron chi connectivity index (χ4n) is 5.20. The molecule has 1 N–H and O–H groups in total. The summed E-state index contributed by atoms with van der Waals surface area (Å²) in [7, 11) is 2.16. The number of fused-ring (bicyclic) bond motifs is 1. The molecule has 0 saturated carbocycles. The highest BCUT2D eigenvalue weighted by Crippen LogP contribution is 2.34. The zero-order valence-electron chi connectivity index (χ0n) is 20.7. The Bertz CT molecular complexity index is 1060. The van der Waals surface area contributed by atoms with E-state index in [-0.39, 0.29) is 17.9 Å². The van der Waals surface area contributed by atoms with E-state index in [0.29, 0.717) is 12.2 Å². The van der Waals surface area contributed by atoms with Gasteiger partial charge < -0.3 is 29.7 Å². The standard InChI is InChI=1S/C27H35N5O3/c1-20(33)30-14-16-31(17-15-30)23-8-6-21(7-9-23)27(34)28-22-18-24-25(4-3-5-26(24)35-19-22)32-12-10-29(2)11-13-32/h3-9,22H,10-19H2,1-2H3,(H,28,34). The first-order valence-electron chi connectivity index (χ1n) is 12.6. The van der Waals surface area contributed by atoms with Gasteiger partial charge in [0.05, 0.1) is 6.04 Å². The van der Waals surface area contributed by atoms with Crippen LogP contribution in [0.3, 0.4) is 0 Å². The van der Waals surface area contributed by atoms with Crippen LogP contribution in [0.25, 0.3) is 0 Å². The molecule has 3 aliphatic rings. The highest BCUT2D eigenvalue weighted by molar-refractivity contribution is 5.94. The fraction of sp³-hybridized carbons (Fsp3) is 0.481. The number of nitrogens with zero attached hydrogens (tertiary/aromatic N) is 4. The van der Waals surface area contributed by atoms with Gasteiger partial charge in [-0.05, 0) is 43.4 Å². The van der Waals surface area contributed by atoms with E-state index < -0.39 is 0 Å². The number of rotatable bonds is 4. The number of hydrogen-bond donors (Lipinski definition) is 1. The van der Waals surface area contributed by atoms with Gasteiger partial charge in [0.1, 0.15) is 12.4 Å². The van der Waals surface area contributed by atoms with Crippen LogP contribution in [0.15, 0.2) is 42.5 Å². The summed E-state index contributed by atoms with van der Waals surface area (Å²) in [5.41, 5.74) is 4.14. The molecule has 1 atom stereocenters. The van der Waals surface area contributed by atoms with Gasteiger partial charge >= 0.3 is 0 Å². The summed E-state index contributed by atoms with van der Waals surface area (Å²) in [6.45, 7) is 9.27. The summed E-state index contributed by atoms with van der Waals surface area (Å²) < 4.78 is 6.06. The van der Waals surface area contributed by atoms with Crippen molar-refractivity contribution in [2.75, 3.05) is 75.8 Å². The quantitative estimate of drug-likeness (QED) is 0.725. The van der Waals surface area contributed by atoms with E-state index in [1.807, 2.05) is 35.2 Å². The molecule has 35 heavy (non-hydrogen) atoms. The Labute approximate surface area is 207 Å². The Morgan fingerprint density at radius 3 is 2.26 bits per heavy atom. The van der Waals surface area contributed by atoms with Crippen LogP contribution in [0.4, 0.5) is 11.4 Å². The lowest BCUT2D eigenvalue weighted by atomic mass is 9.99. The third-order valence-electron chi connectivity index (χ3n) is 7.40. The fourth-order valence-corrected chi connectivity index (χ4v) is 5.20. The first kappa shape index (κ1) is 23.5. The monoisotopic (exact) mass is 477 g/mol. The van der Waals surface area contributed by atoms with E-state index in [2.05, 4.69) is 39.2 Å². The average molecular weight is 478 g/mol. The Kier molecular flexibility index (Phi) is 6.81. The van der Waals surface area contributed by atoms with Gasteiger partial charge in [0.25, 0.3) is 5.91 Å². The molecule has 0 radical (unpaired) electrons. The van der Waals surface area contributed by atoms with Crippen LogP contribution in [-0.4, -0.2) is 93.7 Å².